The summed E-state index contributed by atoms with van der Waals surface area (Å²) >= 11 is 11.4. The lowest BCUT2D eigenvalue weighted by molar-refractivity contribution is 0.196. The summed E-state index contributed by atoms with van der Waals surface area (Å²) in [6, 6.07) is 1.81. The summed E-state index contributed by atoms with van der Waals surface area (Å²) in [5.41, 5.74) is 0. The molecule has 23 heavy (non-hydrogen) atoms. The van der Waals surface area contributed by atoms with Gasteiger partial charge >= 0.3 is 0 Å². The summed E-state index contributed by atoms with van der Waals surface area (Å²) in [4.78, 5) is 11.0. The van der Waals surface area contributed by atoms with Crippen LogP contribution in [0, 0.1) is 5.92 Å². The van der Waals surface area contributed by atoms with Crippen molar-refractivity contribution in [2.24, 2.45) is 5.92 Å². The van der Waals surface area contributed by atoms with Crippen molar-refractivity contribution in [2.75, 3.05) is 43.6 Å². The fraction of sp³-hybridized carbons (Fsp3) is 0.667. The van der Waals surface area contributed by atoms with Gasteiger partial charge in [0.2, 0.25) is 5.95 Å². The minimum Gasteiger partial charge on any atom is -0.385 e. The zero-order valence-corrected chi connectivity index (χ0v) is 15.2. The number of aromatic nitrogens is 2. The third-order valence-corrected chi connectivity index (χ3v) is 4.14. The van der Waals surface area contributed by atoms with Crippen LogP contribution >= 0.6 is 23.8 Å². The van der Waals surface area contributed by atoms with E-state index in [4.69, 9.17) is 28.6 Å². The van der Waals surface area contributed by atoms with E-state index in [1.54, 1.807) is 13.2 Å². The zero-order chi connectivity index (χ0) is 16.7. The third-order valence-electron chi connectivity index (χ3n) is 3.70. The van der Waals surface area contributed by atoms with Crippen LogP contribution in [-0.2, 0) is 4.74 Å². The van der Waals surface area contributed by atoms with Crippen molar-refractivity contribution in [3.05, 3.63) is 11.2 Å². The minimum atomic E-state index is 0.415. The number of hydrogen-bond acceptors (Lipinski definition) is 5. The number of hydrogen-bond donors (Lipinski definition) is 2. The summed E-state index contributed by atoms with van der Waals surface area (Å²) in [7, 11) is 1.68. The molecule has 0 aromatic carbocycles. The maximum atomic E-state index is 6.14. The Balaban J connectivity index is 1.95. The molecule has 0 bridgehead atoms. The lowest BCUT2D eigenvalue weighted by atomic mass is 10.0. The van der Waals surface area contributed by atoms with Crippen LogP contribution in [0.15, 0.2) is 6.07 Å². The first kappa shape index (κ1) is 18.2. The van der Waals surface area contributed by atoms with Crippen LogP contribution in [0.3, 0.4) is 0 Å². The van der Waals surface area contributed by atoms with Gasteiger partial charge in [-0.3, -0.25) is 0 Å². The van der Waals surface area contributed by atoms with Crippen molar-refractivity contribution >= 4 is 40.7 Å². The molecule has 128 valence electrons. The number of anilines is 2. The number of nitrogens with zero attached hydrogens (tertiary/aromatic N) is 3. The average molecular weight is 358 g/mol. The second kappa shape index (κ2) is 9.20. The number of nitrogens with one attached hydrogen (secondary N) is 2. The lowest BCUT2D eigenvalue weighted by Gasteiger charge is -2.32. The van der Waals surface area contributed by atoms with Crippen LogP contribution in [0.1, 0.15) is 26.2 Å². The Labute approximate surface area is 148 Å². The quantitative estimate of drug-likeness (QED) is 0.461. The molecule has 1 aliphatic rings. The summed E-state index contributed by atoms with van der Waals surface area (Å²) < 4.78 is 5.00. The maximum absolute atomic E-state index is 6.14. The number of methoxy groups -OCH3 is 1. The van der Waals surface area contributed by atoms with Gasteiger partial charge < -0.3 is 20.3 Å². The first-order chi connectivity index (χ1) is 11.1. The van der Waals surface area contributed by atoms with Gasteiger partial charge in [-0.25, -0.2) is 4.98 Å². The molecule has 1 aliphatic heterocycles. The molecular formula is C15H24ClN5OS. The molecule has 0 saturated carbocycles. The largest absolute Gasteiger partial charge is 0.385 e. The van der Waals surface area contributed by atoms with E-state index in [1.165, 1.54) is 12.8 Å². The Morgan fingerprint density at radius 1 is 1.52 bits per heavy atom. The molecule has 1 atom stereocenters. The smallest absolute Gasteiger partial charge is 0.232 e. The summed E-state index contributed by atoms with van der Waals surface area (Å²) in [6.45, 7) is 5.67. The van der Waals surface area contributed by atoms with Gasteiger partial charge in [0.05, 0.1) is 0 Å². The van der Waals surface area contributed by atoms with Gasteiger partial charge in [0.1, 0.15) is 11.0 Å². The highest BCUT2D eigenvalue weighted by Gasteiger charge is 2.19. The number of thiocarbonyl (C=S) groups is 1. The molecule has 1 aromatic rings. The van der Waals surface area contributed by atoms with Crippen LogP contribution in [-0.4, -0.2) is 48.4 Å². The highest BCUT2D eigenvalue weighted by atomic mass is 35.5. The van der Waals surface area contributed by atoms with Crippen molar-refractivity contribution in [1.82, 2.24) is 15.3 Å². The molecule has 1 saturated heterocycles. The lowest BCUT2D eigenvalue weighted by Crippen LogP contribution is -2.35. The number of piperidine rings is 1. The minimum absolute atomic E-state index is 0.415. The molecule has 0 aliphatic carbocycles. The summed E-state index contributed by atoms with van der Waals surface area (Å²) in [5, 5.41) is 6.99. The van der Waals surface area contributed by atoms with Crippen molar-refractivity contribution < 1.29 is 4.74 Å². The molecule has 0 unspecified atom stereocenters. The molecule has 2 heterocycles. The standard InChI is InChI=1S/C15H24ClN5OS/c1-11-5-3-7-21(10-11)13-9-12(16)18-14(19-13)20-15(23)17-6-4-8-22-2/h9,11H,3-8,10H2,1-2H3,(H2,17,18,19,20,23)/t11-/m0/s1. The predicted octanol–water partition coefficient (Wildman–Crippen LogP) is 2.69. The second-order valence-electron chi connectivity index (χ2n) is 5.79. The predicted molar refractivity (Wildman–Crippen MR) is 98.4 cm³/mol. The van der Waals surface area contributed by atoms with Crippen LogP contribution in [0.5, 0.6) is 0 Å². The topological polar surface area (TPSA) is 62.3 Å². The average Bonchev–Trinajstić information content (AvgIpc) is 2.51. The van der Waals surface area contributed by atoms with Gasteiger partial charge in [-0.15, -0.1) is 0 Å². The van der Waals surface area contributed by atoms with Gasteiger partial charge in [-0.05, 0) is 37.4 Å². The van der Waals surface area contributed by atoms with Gasteiger partial charge in [0.15, 0.2) is 5.11 Å². The molecule has 1 fully saturated rings. The van der Waals surface area contributed by atoms with Crippen molar-refractivity contribution in [3.63, 3.8) is 0 Å². The van der Waals surface area contributed by atoms with E-state index in [2.05, 4.69) is 32.4 Å². The fourth-order valence-corrected chi connectivity index (χ4v) is 2.96. The van der Waals surface area contributed by atoms with Gasteiger partial charge in [-0.2, -0.15) is 4.98 Å². The Morgan fingerprint density at radius 2 is 2.35 bits per heavy atom. The highest BCUT2D eigenvalue weighted by Crippen LogP contribution is 2.24. The van der Waals surface area contributed by atoms with Gasteiger partial charge in [0.25, 0.3) is 0 Å². The molecule has 1 aromatic heterocycles. The van der Waals surface area contributed by atoms with E-state index in [9.17, 15) is 0 Å². The first-order valence-electron chi connectivity index (χ1n) is 7.92. The van der Waals surface area contributed by atoms with Crippen LogP contribution in [0.2, 0.25) is 5.15 Å². The maximum Gasteiger partial charge on any atom is 0.232 e. The van der Waals surface area contributed by atoms with E-state index in [0.717, 1.165) is 31.9 Å². The molecular weight excluding hydrogens is 334 g/mol. The van der Waals surface area contributed by atoms with E-state index in [0.29, 0.717) is 28.7 Å². The van der Waals surface area contributed by atoms with Crippen molar-refractivity contribution in [2.45, 2.75) is 26.2 Å². The van der Waals surface area contributed by atoms with Crippen LogP contribution in [0.25, 0.3) is 0 Å². The zero-order valence-electron chi connectivity index (χ0n) is 13.6. The van der Waals surface area contributed by atoms with Gasteiger partial charge in [0, 0.05) is 39.4 Å². The SMILES string of the molecule is COCCCNC(=S)Nc1nc(Cl)cc(N2CCC[C@H](C)C2)n1. The Morgan fingerprint density at radius 3 is 3.09 bits per heavy atom. The normalized spacial score (nSPS) is 17.9. The monoisotopic (exact) mass is 357 g/mol. The molecule has 0 radical (unpaired) electrons. The molecule has 2 N–H and O–H groups in total. The molecule has 2 rings (SSSR count). The second-order valence-corrected chi connectivity index (χ2v) is 6.59. The van der Waals surface area contributed by atoms with E-state index in [-0.39, 0.29) is 0 Å². The summed E-state index contributed by atoms with van der Waals surface area (Å²) in [6.07, 6.45) is 3.31. The number of halogens is 1. The first-order valence-corrected chi connectivity index (χ1v) is 8.70. The van der Waals surface area contributed by atoms with E-state index in [1.807, 2.05) is 0 Å². The highest BCUT2D eigenvalue weighted by molar-refractivity contribution is 7.80. The Bertz CT molecular complexity index is 531. The molecule has 8 heteroatoms. The molecule has 0 amide bonds. The number of rotatable bonds is 6. The van der Waals surface area contributed by atoms with E-state index >= 15 is 0 Å². The van der Waals surface area contributed by atoms with E-state index < -0.39 is 0 Å². The Hall–Kier alpha value is -1.18. The summed E-state index contributed by atoms with van der Waals surface area (Å²) in [5.74, 6) is 1.94. The van der Waals surface area contributed by atoms with Crippen molar-refractivity contribution in [1.29, 1.82) is 0 Å². The number of ether oxygens (including phenoxy) is 1. The van der Waals surface area contributed by atoms with Gasteiger partial charge in [-0.1, -0.05) is 18.5 Å². The third kappa shape index (κ3) is 6.08. The Kier molecular flexibility index (Phi) is 7.26. The molecule has 0 spiro atoms. The van der Waals surface area contributed by atoms with Crippen LogP contribution in [0.4, 0.5) is 11.8 Å². The molecule has 6 nitrogen and oxygen atoms in total. The van der Waals surface area contributed by atoms with Crippen molar-refractivity contribution in [3.8, 4) is 0 Å². The fourth-order valence-electron chi connectivity index (χ4n) is 2.59. The van der Waals surface area contributed by atoms with Crippen LogP contribution < -0.4 is 15.5 Å².